The van der Waals surface area contributed by atoms with Gasteiger partial charge in [-0.15, -0.1) is 0 Å². The van der Waals surface area contributed by atoms with E-state index in [2.05, 4.69) is 16.0 Å². The number of nitrogens with one attached hydrogen (secondary N) is 3. The van der Waals surface area contributed by atoms with Gasteiger partial charge in [0.15, 0.2) is 0 Å². The van der Waals surface area contributed by atoms with E-state index in [9.17, 15) is 18.0 Å². The van der Waals surface area contributed by atoms with Crippen LogP contribution in [-0.2, 0) is 14.8 Å². The molecule has 0 spiro atoms. The molecule has 29 heavy (non-hydrogen) atoms. The molecular formula is C20H24N4O4S. The molecule has 0 bridgehead atoms. The highest BCUT2D eigenvalue weighted by Crippen LogP contribution is 2.22. The highest BCUT2D eigenvalue weighted by Gasteiger charge is 2.34. The van der Waals surface area contributed by atoms with E-state index < -0.39 is 22.1 Å². The molecule has 1 atom stereocenters. The summed E-state index contributed by atoms with van der Waals surface area (Å²) in [6, 6.07) is 14.6. The summed E-state index contributed by atoms with van der Waals surface area (Å²) >= 11 is 0. The zero-order valence-electron chi connectivity index (χ0n) is 16.1. The van der Waals surface area contributed by atoms with Crippen LogP contribution < -0.4 is 16.0 Å². The van der Waals surface area contributed by atoms with Crippen LogP contribution in [0.5, 0.6) is 0 Å². The average molecular weight is 417 g/mol. The Bertz CT molecular complexity index is 979. The third-order valence-electron chi connectivity index (χ3n) is 4.60. The summed E-state index contributed by atoms with van der Waals surface area (Å²) in [6.07, 6.45) is 3.14. The SMILES string of the molecule is CS(=O)(=O)N1CCCCC1C(=O)Nc1cccc(NC(=O)Nc2ccccc2)c1. The van der Waals surface area contributed by atoms with Crippen LogP contribution in [0.15, 0.2) is 54.6 Å². The minimum Gasteiger partial charge on any atom is -0.325 e. The number of anilines is 3. The zero-order chi connectivity index (χ0) is 20.9. The number of rotatable bonds is 5. The number of carbonyl (C=O) groups excluding carboxylic acids is 2. The standard InChI is InChI=1S/C20H24N4O4S/c1-29(27,28)24-13-6-5-12-18(24)19(25)21-16-10-7-11-17(14-16)23-20(26)22-15-8-3-2-4-9-15/h2-4,7-11,14,18H,5-6,12-13H2,1H3,(H,21,25)(H2,22,23,26). The van der Waals surface area contributed by atoms with Gasteiger partial charge in [0, 0.05) is 23.6 Å². The fraction of sp³-hybridized carbons (Fsp3) is 0.300. The predicted octanol–water partition coefficient (Wildman–Crippen LogP) is 3.08. The van der Waals surface area contributed by atoms with Crippen molar-refractivity contribution in [1.82, 2.24) is 4.31 Å². The lowest BCUT2D eigenvalue weighted by atomic mass is 10.0. The van der Waals surface area contributed by atoms with Crippen molar-refractivity contribution in [1.29, 1.82) is 0 Å². The molecule has 154 valence electrons. The first-order valence-electron chi connectivity index (χ1n) is 9.34. The van der Waals surface area contributed by atoms with E-state index in [1.165, 1.54) is 4.31 Å². The van der Waals surface area contributed by atoms with Crippen LogP contribution in [0.25, 0.3) is 0 Å². The Balaban J connectivity index is 1.64. The lowest BCUT2D eigenvalue weighted by Gasteiger charge is -2.32. The first-order chi connectivity index (χ1) is 13.8. The number of benzene rings is 2. The molecule has 3 amide bonds. The first kappa shape index (κ1) is 20.8. The molecule has 1 aliphatic heterocycles. The second-order valence-corrected chi connectivity index (χ2v) is 8.84. The van der Waals surface area contributed by atoms with E-state index in [1.807, 2.05) is 18.2 Å². The van der Waals surface area contributed by atoms with E-state index in [4.69, 9.17) is 0 Å². The van der Waals surface area contributed by atoms with Gasteiger partial charge in [0.1, 0.15) is 6.04 Å². The maximum atomic E-state index is 12.7. The molecular weight excluding hydrogens is 392 g/mol. The molecule has 1 fully saturated rings. The smallest absolute Gasteiger partial charge is 0.323 e. The quantitative estimate of drug-likeness (QED) is 0.696. The van der Waals surface area contributed by atoms with Crippen molar-refractivity contribution in [3.05, 3.63) is 54.6 Å². The summed E-state index contributed by atoms with van der Waals surface area (Å²) in [7, 11) is -3.46. The Hall–Kier alpha value is -2.91. The van der Waals surface area contributed by atoms with Gasteiger partial charge in [-0.1, -0.05) is 30.7 Å². The number of urea groups is 1. The van der Waals surface area contributed by atoms with E-state index in [0.29, 0.717) is 30.0 Å². The molecule has 3 rings (SSSR count). The van der Waals surface area contributed by atoms with Gasteiger partial charge >= 0.3 is 6.03 Å². The Morgan fingerprint density at radius 1 is 0.897 bits per heavy atom. The van der Waals surface area contributed by atoms with Crippen molar-refractivity contribution in [2.45, 2.75) is 25.3 Å². The van der Waals surface area contributed by atoms with Crippen LogP contribution in [0.4, 0.5) is 21.9 Å². The number of piperidine rings is 1. The molecule has 2 aromatic carbocycles. The normalized spacial score (nSPS) is 17.3. The summed E-state index contributed by atoms with van der Waals surface area (Å²) in [5.74, 6) is -0.374. The minimum atomic E-state index is -3.46. The Morgan fingerprint density at radius 3 is 2.21 bits per heavy atom. The van der Waals surface area contributed by atoms with Crippen LogP contribution in [0.2, 0.25) is 0 Å². The maximum absolute atomic E-state index is 12.7. The lowest BCUT2D eigenvalue weighted by Crippen LogP contribution is -2.49. The summed E-state index contributed by atoms with van der Waals surface area (Å²) in [5, 5.41) is 8.18. The van der Waals surface area contributed by atoms with E-state index >= 15 is 0 Å². The predicted molar refractivity (Wildman–Crippen MR) is 113 cm³/mol. The second-order valence-electron chi connectivity index (χ2n) is 6.90. The van der Waals surface area contributed by atoms with E-state index in [1.54, 1.807) is 36.4 Å². The molecule has 1 heterocycles. The fourth-order valence-electron chi connectivity index (χ4n) is 3.28. The van der Waals surface area contributed by atoms with Crippen LogP contribution in [0, 0.1) is 0 Å². The Labute approximate surface area is 170 Å². The van der Waals surface area contributed by atoms with Gasteiger partial charge in [0.25, 0.3) is 0 Å². The zero-order valence-corrected chi connectivity index (χ0v) is 16.9. The van der Waals surface area contributed by atoms with Crippen molar-refractivity contribution in [2.75, 3.05) is 28.8 Å². The second kappa shape index (κ2) is 9.06. The molecule has 8 nitrogen and oxygen atoms in total. The van der Waals surface area contributed by atoms with Crippen molar-refractivity contribution < 1.29 is 18.0 Å². The summed E-state index contributed by atoms with van der Waals surface area (Å²) in [4.78, 5) is 24.8. The first-order valence-corrected chi connectivity index (χ1v) is 11.2. The molecule has 1 aliphatic rings. The third-order valence-corrected chi connectivity index (χ3v) is 5.89. The number of carbonyl (C=O) groups is 2. The highest BCUT2D eigenvalue weighted by molar-refractivity contribution is 7.88. The number of hydrogen-bond acceptors (Lipinski definition) is 4. The van der Waals surface area contributed by atoms with Crippen molar-refractivity contribution in [3.63, 3.8) is 0 Å². The fourth-order valence-corrected chi connectivity index (χ4v) is 4.40. The van der Waals surface area contributed by atoms with Crippen molar-refractivity contribution in [3.8, 4) is 0 Å². The summed E-state index contributed by atoms with van der Waals surface area (Å²) in [5.41, 5.74) is 1.64. The molecule has 0 radical (unpaired) electrons. The van der Waals surface area contributed by atoms with Gasteiger partial charge < -0.3 is 16.0 Å². The molecule has 9 heteroatoms. The summed E-state index contributed by atoms with van der Waals surface area (Å²) in [6.45, 7) is 0.345. The van der Waals surface area contributed by atoms with Crippen LogP contribution in [-0.4, -0.2) is 43.5 Å². The summed E-state index contributed by atoms with van der Waals surface area (Å²) < 4.78 is 25.2. The number of sulfonamides is 1. The molecule has 1 unspecified atom stereocenters. The Kier molecular flexibility index (Phi) is 6.50. The van der Waals surface area contributed by atoms with E-state index in [-0.39, 0.29) is 5.91 Å². The molecule has 0 aromatic heterocycles. The van der Waals surface area contributed by atoms with Gasteiger partial charge in [-0.3, -0.25) is 4.79 Å². The average Bonchev–Trinajstić information content (AvgIpc) is 2.68. The van der Waals surface area contributed by atoms with Crippen molar-refractivity contribution in [2.24, 2.45) is 0 Å². The van der Waals surface area contributed by atoms with Gasteiger partial charge in [0.2, 0.25) is 15.9 Å². The third kappa shape index (κ3) is 5.78. The molecule has 0 saturated carbocycles. The molecule has 1 saturated heterocycles. The monoisotopic (exact) mass is 416 g/mol. The maximum Gasteiger partial charge on any atom is 0.323 e. The molecule has 3 N–H and O–H groups in total. The number of hydrogen-bond donors (Lipinski definition) is 3. The van der Waals surface area contributed by atoms with Gasteiger partial charge in [-0.25, -0.2) is 13.2 Å². The van der Waals surface area contributed by atoms with E-state index in [0.717, 1.165) is 19.1 Å². The topological polar surface area (TPSA) is 108 Å². The molecule has 2 aromatic rings. The number of nitrogens with zero attached hydrogens (tertiary/aromatic N) is 1. The molecule has 0 aliphatic carbocycles. The van der Waals surface area contributed by atoms with Gasteiger partial charge in [0.05, 0.1) is 6.26 Å². The highest BCUT2D eigenvalue weighted by atomic mass is 32.2. The largest absolute Gasteiger partial charge is 0.325 e. The van der Waals surface area contributed by atoms with Gasteiger partial charge in [-0.05, 0) is 43.2 Å². The van der Waals surface area contributed by atoms with Crippen molar-refractivity contribution >= 4 is 39.0 Å². The van der Waals surface area contributed by atoms with Gasteiger partial charge in [-0.2, -0.15) is 4.31 Å². The van der Waals surface area contributed by atoms with Crippen LogP contribution >= 0.6 is 0 Å². The van der Waals surface area contributed by atoms with Crippen LogP contribution in [0.3, 0.4) is 0 Å². The lowest BCUT2D eigenvalue weighted by molar-refractivity contribution is -0.120. The Morgan fingerprint density at radius 2 is 1.52 bits per heavy atom. The van der Waals surface area contributed by atoms with Crippen LogP contribution in [0.1, 0.15) is 19.3 Å². The number of amides is 3. The number of para-hydroxylation sites is 1. The minimum absolute atomic E-state index is 0.345.